The summed E-state index contributed by atoms with van der Waals surface area (Å²) in [7, 11) is 0. The van der Waals surface area contributed by atoms with Gasteiger partial charge < -0.3 is 9.53 Å². The van der Waals surface area contributed by atoms with Crippen LogP contribution in [0.5, 0.6) is 0 Å². The molecule has 0 aliphatic carbocycles. The van der Waals surface area contributed by atoms with Crippen LogP contribution in [0.1, 0.15) is 18.1 Å². The van der Waals surface area contributed by atoms with E-state index in [2.05, 4.69) is 4.98 Å². The second kappa shape index (κ2) is 4.02. The first-order chi connectivity index (χ1) is 7.20. The summed E-state index contributed by atoms with van der Waals surface area (Å²) >= 11 is 0. The molecule has 2 atom stereocenters. The number of hydrogen-bond donors (Lipinski definition) is 0. The Morgan fingerprint density at radius 2 is 2.07 bits per heavy atom. The maximum Gasteiger partial charge on any atom is 0.215 e. The van der Waals surface area contributed by atoms with Gasteiger partial charge in [0.05, 0.1) is 6.10 Å². The van der Waals surface area contributed by atoms with E-state index in [0.717, 1.165) is 18.4 Å². The predicted octanol–water partition coefficient (Wildman–Crippen LogP) is 1.64. The van der Waals surface area contributed by atoms with E-state index < -0.39 is 18.0 Å². The number of ether oxygens (including phenoxy) is 1. The minimum atomic E-state index is -0.898. The van der Waals surface area contributed by atoms with Gasteiger partial charge in [0.25, 0.3) is 0 Å². The smallest absolute Gasteiger partial charge is 0.215 e. The number of nitrogens with zero attached hydrogens (tertiary/aromatic N) is 1. The van der Waals surface area contributed by atoms with Gasteiger partial charge in [-0.1, -0.05) is 0 Å². The molecule has 2 rings (SSSR count). The van der Waals surface area contributed by atoms with Crippen LogP contribution in [-0.4, -0.2) is 17.9 Å². The van der Waals surface area contributed by atoms with E-state index in [9.17, 15) is 13.6 Å². The molecule has 3 nitrogen and oxygen atoms in total. The Hall–Kier alpha value is -1.36. The number of halogens is 2. The molecule has 0 bridgehead atoms. The first kappa shape index (κ1) is 10.2. The molecule has 0 aromatic carbocycles. The van der Waals surface area contributed by atoms with Gasteiger partial charge >= 0.3 is 0 Å². The Balaban J connectivity index is 2.32. The second-order valence-corrected chi connectivity index (χ2v) is 3.43. The second-order valence-electron chi connectivity index (χ2n) is 3.43. The van der Waals surface area contributed by atoms with Crippen molar-refractivity contribution in [3.05, 3.63) is 29.6 Å². The third-order valence-electron chi connectivity index (χ3n) is 2.43. The van der Waals surface area contributed by atoms with Crippen molar-refractivity contribution in [1.29, 1.82) is 0 Å². The Morgan fingerprint density at radius 3 is 2.67 bits per heavy atom. The quantitative estimate of drug-likeness (QED) is 0.553. The lowest BCUT2D eigenvalue weighted by Crippen LogP contribution is -2.10. The molecule has 1 aliphatic heterocycles. The van der Waals surface area contributed by atoms with Crippen LogP contribution in [0.3, 0.4) is 0 Å². The van der Waals surface area contributed by atoms with Crippen LogP contribution in [-0.2, 0) is 9.53 Å². The van der Waals surface area contributed by atoms with Gasteiger partial charge in [0, 0.05) is 12.5 Å². The summed E-state index contributed by atoms with van der Waals surface area (Å²) in [5.41, 5.74) is 0.328. The zero-order valence-electron chi connectivity index (χ0n) is 7.82. The van der Waals surface area contributed by atoms with E-state index in [4.69, 9.17) is 4.74 Å². The van der Waals surface area contributed by atoms with Gasteiger partial charge in [0.1, 0.15) is 6.29 Å². The zero-order chi connectivity index (χ0) is 10.8. The van der Waals surface area contributed by atoms with Gasteiger partial charge in [-0.25, -0.2) is 0 Å². The lowest BCUT2D eigenvalue weighted by atomic mass is 9.97. The molecular weight excluding hydrogens is 204 g/mol. The molecule has 0 amide bonds. The summed E-state index contributed by atoms with van der Waals surface area (Å²) in [4.78, 5) is 13.7. The first-order valence-corrected chi connectivity index (χ1v) is 4.60. The third-order valence-corrected chi connectivity index (χ3v) is 2.43. The van der Waals surface area contributed by atoms with Crippen molar-refractivity contribution in [2.24, 2.45) is 5.92 Å². The monoisotopic (exact) mass is 213 g/mol. The van der Waals surface area contributed by atoms with Gasteiger partial charge in [-0.2, -0.15) is 13.8 Å². The van der Waals surface area contributed by atoms with Crippen LogP contribution < -0.4 is 0 Å². The highest BCUT2D eigenvalue weighted by Gasteiger charge is 2.30. The first-order valence-electron chi connectivity index (χ1n) is 4.60. The van der Waals surface area contributed by atoms with E-state index >= 15 is 0 Å². The molecule has 0 radical (unpaired) electrons. The predicted molar refractivity (Wildman–Crippen MR) is 47.0 cm³/mol. The molecule has 0 N–H and O–H groups in total. The van der Waals surface area contributed by atoms with Crippen molar-refractivity contribution < 1.29 is 18.3 Å². The van der Waals surface area contributed by atoms with Gasteiger partial charge in [-0.3, -0.25) is 0 Å². The van der Waals surface area contributed by atoms with E-state index in [0.29, 0.717) is 18.6 Å². The normalized spacial score (nSPS) is 25.5. The average Bonchev–Trinajstić information content (AvgIpc) is 2.63. The summed E-state index contributed by atoms with van der Waals surface area (Å²) in [6, 6.07) is 2.19. The van der Waals surface area contributed by atoms with E-state index in [1.54, 1.807) is 0 Å². The lowest BCUT2D eigenvalue weighted by molar-refractivity contribution is -0.112. The molecule has 15 heavy (non-hydrogen) atoms. The topological polar surface area (TPSA) is 39.2 Å². The molecule has 2 heterocycles. The fourth-order valence-corrected chi connectivity index (χ4v) is 1.74. The largest absolute Gasteiger partial charge is 0.373 e. The number of carbonyl (C=O) groups excluding carboxylic acids is 1. The van der Waals surface area contributed by atoms with Crippen molar-refractivity contribution >= 4 is 6.29 Å². The SMILES string of the molecule is O=CC1CCOC1c1cc(F)nc(F)c1. The Morgan fingerprint density at radius 1 is 1.40 bits per heavy atom. The highest BCUT2D eigenvalue weighted by Crippen LogP contribution is 2.33. The summed E-state index contributed by atoms with van der Waals surface area (Å²) in [5, 5.41) is 0. The number of carbonyl (C=O) groups is 1. The van der Waals surface area contributed by atoms with Gasteiger partial charge in [0.2, 0.25) is 11.9 Å². The Bertz CT molecular complexity index is 363. The van der Waals surface area contributed by atoms with Crippen molar-refractivity contribution in [2.45, 2.75) is 12.5 Å². The minimum Gasteiger partial charge on any atom is -0.373 e. The van der Waals surface area contributed by atoms with Crippen LogP contribution in [0.25, 0.3) is 0 Å². The third kappa shape index (κ3) is 2.02. The summed E-state index contributed by atoms with van der Waals surface area (Å²) < 4.78 is 30.9. The van der Waals surface area contributed by atoms with Crippen LogP contribution >= 0.6 is 0 Å². The lowest BCUT2D eigenvalue weighted by Gasteiger charge is -2.13. The fourth-order valence-electron chi connectivity index (χ4n) is 1.74. The van der Waals surface area contributed by atoms with E-state index in [1.807, 2.05) is 0 Å². The fraction of sp³-hybridized carbons (Fsp3) is 0.400. The standard InChI is InChI=1S/C10H9F2NO2/c11-8-3-7(4-9(12)13-8)10-6(5-14)1-2-15-10/h3-6,10H,1-2H2. The number of aromatic nitrogens is 1. The maximum absolute atomic E-state index is 12.8. The van der Waals surface area contributed by atoms with Gasteiger partial charge in [-0.05, 0) is 24.1 Å². The zero-order valence-corrected chi connectivity index (χ0v) is 7.82. The number of aldehydes is 1. The molecule has 2 unspecified atom stereocenters. The van der Waals surface area contributed by atoms with Gasteiger partial charge in [-0.15, -0.1) is 0 Å². The molecule has 1 aliphatic rings. The number of rotatable bonds is 2. The van der Waals surface area contributed by atoms with Crippen molar-refractivity contribution in [3.63, 3.8) is 0 Å². The maximum atomic E-state index is 12.8. The Kier molecular flexibility index (Phi) is 2.73. The number of pyridine rings is 1. The minimum absolute atomic E-state index is 0.328. The summed E-state index contributed by atoms with van der Waals surface area (Å²) in [6.07, 6.45) is 0.794. The van der Waals surface area contributed by atoms with Crippen molar-refractivity contribution in [3.8, 4) is 0 Å². The van der Waals surface area contributed by atoms with Crippen LogP contribution in [0.2, 0.25) is 0 Å². The van der Waals surface area contributed by atoms with E-state index in [-0.39, 0.29) is 5.92 Å². The van der Waals surface area contributed by atoms with Crippen LogP contribution in [0, 0.1) is 17.8 Å². The van der Waals surface area contributed by atoms with Crippen LogP contribution in [0.4, 0.5) is 8.78 Å². The summed E-state index contributed by atoms with van der Waals surface area (Å²) in [5.74, 6) is -2.12. The molecule has 1 fully saturated rings. The molecule has 1 aromatic heterocycles. The van der Waals surface area contributed by atoms with Crippen molar-refractivity contribution in [1.82, 2.24) is 4.98 Å². The number of hydrogen-bond acceptors (Lipinski definition) is 3. The molecule has 1 aromatic rings. The van der Waals surface area contributed by atoms with Crippen LogP contribution in [0.15, 0.2) is 12.1 Å². The average molecular weight is 213 g/mol. The highest BCUT2D eigenvalue weighted by molar-refractivity contribution is 5.55. The molecule has 1 saturated heterocycles. The van der Waals surface area contributed by atoms with E-state index in [1.165, 1.54) is 0 Å². The molecule has 80 valence electrons. The highest BCUT2D eigenvalue weighted by atomic mass is 19.1. The molecular formula is C10H9F2NO2. The van der Waals surface area contributed by atoms with Crippen molar-refractivity contribution in [2.75, 3.05) is 6.61 Å². The molecule has 0 saturated carbocycles. The molecule has 5 heteroatoms. The molecule has 0 spiro atoms. The van der Waals surface area contributed by atoms with Gasteiger partial charge in [0.15, 0.2) is 0 Å². The summed E-state index contributed by atoms with van der Waals surface area (Å²) in [6.45, 7) is 0.430. The Labute approximate surface area is 85.1 Å².